The van der Waals surface area contributed by atoms with Crippen LogP contribution in [0.15, 0.2) is 0 Å². The molecule has 0 rings (SSSR count). The summed E-state index contributed by atoms with van der Waals surface area (Å²) in [5.74, 6) is 2.59. The van der Waals surface area contributed by atoms with Gasteiger partial charge in [-0.3, -0.25) is 0 Å². The van der Waals surface area contributed by atoms with Crippen LogP contribution in [-0.2, 0) is 0 Å². The Hall–Kier alpha value is 0.830. The van der Waals surface area contributed by atoms with Crippen molar-refractivity contribution in [1.29, 1.82) is 0 Å². The van der Waals surface area contributed by atoms with E-state index in [0.717, 1.165) is 0 Å². The van der Waals surface area contributed by atoms with Crippen LogP contribution in [0.5, 0.6) is 0 Å². The van der Waals surface area contributed by atoms with E-state index in [1.165, 1.54) is 30.8 Å². The molecule has 0 aromatic heterocycles. The molecule has 0 aromatic carbocycles. The molecule has 0 N–H and O–H groups in total. The van der Waals surface area contributed by atoms with Gasteiger partial charge in [0.1, 0.15) is 0 Å². The first-order valence-corrected chi connectivity index (χ1v) is 7.27. The molecule has 0 saturated heterocycles. The van der Waals surface area contributed by atoms with Crippen LogP contribution in [0.2, 0.25) is 0 Å². The molecule has 0 amide bonds. The minimum Gasteiger partial charge on any atom is -0.162 e. The molecule has 2 heteroatoms. The van der Waals surface area contributed by atoms with Gasteiger partial charge in [0.05, 0.1) is 0 Å². The molecule has 0 heterocycles. The molecule has 0 bridgehead atoms. The van der Waals surface area contributed by atoms with E-state index in [9.17, 15) is 0 Å². The highest BCUT2D eigenvalue weighted by Gasteiger charge is 2.20. The Balaban J connectivity index is 3.32. The van der Waals surface area contributed by atoms with Crippen LogP contribution >= 0.6 is 27.7 Å². The molecule has 0 radical (unpaired) electrons. The predicted octanol–water partition coefficient (Wildman–Crippen LogP) is 4.72. The van der Waals surface area contributed by atoms with E-state index in [4.69, 9.17) is 0 Å². The zero-order valence-electron chi connectivity index (χ0n) is 9.40. The van der Waals surface area contributed by atoms with E-state index >= 15 is 0 Å². The van der Waals surface area contributed by atoms with Crippen molar-refractivity contribution in [3.63, 3.8) is 0 Å². The summed E-state index contributed by atoms with van der Waals surface area (Å²) in [5, 5.41) is 0. The molecule has 0 fully saturated rings. The van der Waals surface area contributed by atoms with E-state index in [0.29, 0.717) is 10.2 Å². The monoisotopic (exact) mass is 266 g/mol. The minimum absolute atomic E-state index is 0.415. The van der Waals surface area contributed by atoms with E-state index in [1.807, 2.05) is 0 Å². The summed E-state index contributed by atoms with van der Waals surface area (Å²) in [5.41, 5.74) is 0.415. The topological polar surface area (TPSA) is 0 Å². The fourth-order valence-corrected chi connectivity index (χ4v) is 2.13. The SMILES string of the molecule is CCSCCCCC(Br)C(C)(C)C. The molecule has 0 aliphatic carbocycles. The molecule has 0 spiro atoms. The fourth-order valence-electron chi connectivity index (χ4n) is 1.11. The first-order chi connectivity index (χ1) is 5.98. The second-order valence-electron chi connectivity index (χ2n) is 4.53. The lowest BCUT2D eigenvalue weighted by Gasteiger charge is -2.25. The van der Waals surface area contributed by atoms with Crippen LogP contribution in [0.3, 0.4) is 0 Å². The molecule has 0 aromatic rings. The van der Waals surface area contributed by atoms with Gasteiger partial charge in [-0.1, -0.05) is 50.0 Å². The Morgan fingerprint density at radius 1 is 1.23 bits per heavy atom. The molecular weight excluding hydrogens is 244 g/mol. The van der Waals surface area contributed by atoms with E-state index < -0.39 is 0 Å². The minimum atomic E-state index is 0.415. The summed E-state index contributed by atoms with van der Waals surface area (Å²) in [6, 6.07) is 0. The zero-order chi connectivity index (χ0) is 10.3. The number of rotatable bonds is 6. The van der Waals surface area contributed by atoms with Crippen LogP contribution < -0.4 is 0 Å². The fraction of sp³-hybridized carbons (Fsp3) is 1.00. The summed E-state index contributed by atoms with van der Waals surface area (Å²) in [6.45, 7) is 9.13. The third-order valence-corrected chi connectivity index (χ3v) is 4.96. The van der Waals surface area contributed by atoms with Crippen molar-refractivity contribution in [3.8, 4) is 0 Å². The molecular formula is C11H23BrS. The van der Waals surface area contributed by atoms with Gasteiger partial charge in [0.2, 0.25) is 0 Å². The average molecular weight is 267 g/mol. The van der Waals surface area contributed by atoms with Gasteiger partial charge in [-0.25, -0.2) is 0 Å². The van der Waals surface area contributed by atoms with E-state index in [-0.39, 0.29) is 0 Å². The van der Waals surface area contributed by atoms with Crippen LogP contribution in [-0.4, -0.2) is 16.3 Å². The van der Waals surface area contributed by atoms with Crippen molar-refractivity contribution in [1.82, 2.24) is 0 Å². The van der Waals surface area contributed by atoms with Gasteiger partial charge in [-0.05, 0) is 29.8 Å². The summed E-state index contributed by atoms with van der Waals surface area (Å²) in [4.78, 5) is 0.673. The molecule has 0 aliphatic heterocycles. The van der Waals surface area contributed by atoms with Crippen LogP contribution in [0.1, 0.15) is 47.0 Å². The van der Waals surface area contributed by atoms with E-state index in [2.05, 4.69) is 55.4 Å². The van der Waals surface area contributed by atoms with Gasteiger partial charge in [-0.15, -0.1) is 0 Å². The number of hydrogen-bond acceptors (Lipinski definition) is 1. The predicted molar refractivity (Wildman–Crippen MR) is 69.0 cm³/mol. The molecule has 0 saturated carbocycles. The van der Waals surface area contributed by atoms with Gasteiger partial charge < -0.3 is 0 Å². The molecule has 0 nitrogen and oxygen atoms in total. The lowest BCUT2D eigenvalue weighted by Crippen LogP contribution is -2.19. The van der Waals surface area contributed by atoms with Crippen molar-refractivity contribution in [2.45, 2.75) is 51.8 Å². The van der Waals surface area contributed by atoms with Crippen molar-refractivity contribution < 1.29 is 0 Å². The Kier molecular flexibility index (Phi) is 7.62. The van der Waals surface area contributed by atoms with E-state index in [1.54, 1.807) is 0 Å². The maximum Gasteiger partial charge on any atom is 0.0194 e. The summed E-state index contributed by atoms with van der Waals surface area (Å²) < 4.78 is 0. The van der Waals surface area contributed by atoms with Gasteiger partial charge in [0.15, 0.2) is 0 Å². The van der Waals surface area contributed by atoms with Crippen LogP contribution in [0, 0.1) is 5.41 Å². The molecule has 80 valence electrons. The summed E-state index contributed by atoms with van der Waals surface area (Å²) >= 11 is 5.81. The highest BCUT2D eigenvalue weighted by Crippen LogP contribution is 2.29. The van der Waals surface area contributed by atoms with Crippen LogP contribution in [0.25, 0.3) is 0 Å². The quantitative estimate of drug-likeness (QED) is 0.495. The van der Waals surface area contributed by atoms with Gasteiger partial charge in [0.25, 0.3) is 0 Å². The highest BCUT2D eigenvalue weighted by molar-refractivity contribution is 9.09. The summed E-state index contributed by atoms with van der Waals surface area (Å²) in [7, 11) is 0. The van der Waals surface area contributed by atoms with Crippen molar-refractivity contribution in [3.05, 3.63) is 0 Å². The van der Waals surface area contributed by atoms with Crippen LogP contribution in [0.4, 0.5) is 0 Å². The highest BCUT2D eigenvalue weighted by atomic mass is 79.9. The third kappa shape index (κ3) is 7.87. The smallest absolute Gasteiger partial charge is 0.0194 e. The average Bonchev–Trinajstić information content (AvgIpc) is 2.02. The normalized spacial score (nSPS) is 14.5. The second kappa shape index (κ2) is 7.17. The Morgan fingerprint density at radius 2 is 1.85 bits per heavy atom. The van der Waals surface area contributed by atoms with Crippen molar-refractivity contribution in [2.75, 3.05) is 11.5 Å². The van der Waals surface area contributed by atoms with Crippen molar-refractivity contribution >= 4 is 27.7 Å². The molecule has 1 unspecified atom stereocenters. The first-order valence-electron chi connectivity index (χ1n) is 5.20. The number of alkyl halides is 1. The van der Waals surface area contributed by atoms with Gasteiger partial charge >= 0.3 is 0 Å². The zero-order valence-corrected chi connectivity index (χ0v) is 11.8. The number of hydrogen-bond donors (Lipinski definition) is 0. The Bertz CT molecular complexity index is 118. The number of halogens is 1. The first kappa shape index (κ1) is 13.8. The number of thioether (sulfide) groups is 1. The molecule has 1 atom stereocenters. The Morgan fingerprint density at radius 3 is 2.31 bits per heavy atom. The maximum absolute atomic E-state index is 3.76. The van der Waals surface area contributed by atoms with Gasteiger partial charge in [-0.2, -0.15) is 11.8 Å². The largest absolute Gasteiger partial charge is 0.162 e. The molecule has 13 heavy (non-hydrogen) atoms. The molecule has 0 aliphatic rings. The van der Waals surface area contributed by atoms with Crippen molar-refractivity contribution in [2.24, 2.45) is 5.41 Å². The third-order valence-electron chi connectivity index (χ3n) is 2.14. The Labute approximate surface area is 96.4 Å². The lowest BCUT2D eigenvalue weighted by molar-refractivity contribution is 0.380. The van der Waals surface area contributed by atoms with Gasteiger partial charge in [0, 0.05) is 4.83 Å². The maximum atomic E-state index is 3.76. The number of unbranched alkanes of at least 4 members (excludes halogenated alkanes) is 1. The lowest BCUT2D eigenvalue weighted by atomic mass is 9.89. The summed E-state index contributed by atoms with van der Waals surface area (Å²) in [6.07, 6.45) is 4.05. The second-order valence-corrected chi connectivity index (χ2v) is 7.03. The standard InChI is InChI=1S/C11H23BrS/c1-5-13-9-7-6-8-10(12)11(2,3)4/h10H,5-9H2,1-4H3.